The zero-order chi connectivity index (χ0) is 24.5. The summed E-state index contributed by atoms with van der Waals surface area (Å²) in [5, 5.41) is 8.91. The standard InChI is InChI=1S/C30H19NS2.C3H8/c1-3-7-27-23(5-1)25-17-20(11-15-29(25)32-27)19-9-12-21(13-10-19)31-22-14-16-30-26(18-22)24-6-2-4-8-28(24)33-30;1-3-2/h1-18,31H;3H2,1-2H3. The van der Waals surface area contributed by atoms with E-state index in [1.807, 2.05) is 22.7 Å². The molecule has 0 aliphatic heterocycles. The Kier molecular flexibility index (Phi) is 6.18. The third-order valence-corrected chi connectivity index (χ3v) is 8.56. The Balaban J connectivity index is 0.000000765. The fourth-order valence-corrected chi connectivity index (χ4v) is 6.79. The van der Waals surface area contributed by atoms with Crippen molar-refractivity contribution in [1.29, 1.82) is 0 Å². The predicted octanol–water partition coefficient (Wildman–Crippen LogP) is 11.2. The summed E-state index contributed by atoms with van der Waals surface area (Å²) in [5.41, 5.74) is 4.70. The summed E-state index contributed by atoms with van der Waals surface area (Å²) < 4.78 is 5.35. The van der Waals surface area contributed by atoms with Crippen molar-refractivity contribution in [2.24, 2.45) is 0 Å². The topological polar surface area (TPSA) is 12.0 Å². The van der Waals surface area contributed by atoms with Crippen molar-refractivity contribution in [1.82, 2.24) is 0 Å². The monoisotopic (exact) mass is 501 g/mol. The van der Waals surface area contributed by atoms with E-state index in [-0.39, 0.29) is 0 Å². The first kappa shape index (κ1) is 22.8. The minimum Gasteiger partial charge on any atom is -0.356 e. The summed E-state index contributed by atoms with van der Waals surface area (Å²) >= 11 is 3.71. The number of fused-ring (bicyclic) bond motifs is 6. The number of benzene rings is 5. The van der Waals surface area contributed by atoms with Gasteiger partial charge in [0, 0.05) is 51.7 Å². The Labute approximate surface area is 219 Å². The van der Waals surface area contributed by atoms with Crippen LogP contribution in [0.3, 0.4) is 0 Å². The van der Waals surface area contributed by atoms with Gasteiger partial charge in [0.25, 0.3) is 0 Å². The zero-order valence-corrected chi connectivity index (χ0v) is 22.0. The molecule has 0 fully saturated rings. The van der Waals surface area contributed by atoms with Crippen LogP contribution in [0.1, 0.15) is 20.3 Å². The zero-order valence-electron chi connectivity index (χ0n) is 20.4. The summed E-state index contributed by atoms with van der Waals surface area (Å²) in [6, 6.07) is 39.5. The van der Waals surface area contributed by atoms with E-state index in [9.17, 15) is 0 Å². The molecule has 0 bridgehead atoms. The molecule has 36 heavy (non-hydrogen) atoms. The van der Waals surface area contributed by atoms with Gasteiger partial charge in [0.2, 0.25) is 0 Å². The second kappa shape index (κ2) is 9.77. The Morgan fingerprint density at radius 1 is 0.472 bits per heavy atom. The third kappa shape index (κ3) is 4.26. The average Bonchev–Trinajstić information content (AvgIpc) is 3.47. The second-order valence-corrected chi connectivity index (χ2v) is 11.2. The molecule has 1 N–H and O–H groups in total. The molecule has 176 valence electrons. The van der Waals surface area contributed by atoms with Crippen LogP contribution in [-0.2, 0) is 0 Å². The molecule has 0 amide bonds. The van der Waals surface area contributed by atoms with Gasteiger partial charge in [0.15, 0.2) is 0 Å². The molecule has 3 heteroatoms. The number of hydrogen-bond acceptors (Lipinski definition) is 3. The maximum atomic E-state index is 3.59. The average molecular weight is 502 g/mol. The Morgan fingerprint density at radius 3 is 1.58 bits per heavy atom. The first-order valence-corrected chi connectivity index (χ1v) is 14.1. The predicted molar refractivity (Wildman–Crippen MR) is 163 cm³/mol. The molecule has 0 aliphatic rings. The van der Waals surface area contributed by atoms with Gasteiger partial charge in [-0.1, -0.05) is 74.9 Å². The molecule has 5 aromatic carbocycles. The highest BCUT2D eigenvalue weighted by Crippen LogP contribution is 2.37. The molecule has 0 unspecified atom stereocenters. The first-order valence-electron chi connectivity index (χ1n) is 12.4. The smallest absolute Gasteiger partial charge is 0.0391 e. The maximum Gasteiger partial charge on any atom is 0.0391 e. The summed E-state index contributed by atoms with van der Waals surface area (Å²) in [4.78, 5) is 0. The molecule has 0 atom stereocenters. The van der Waals surface area contributed by atoms with Gasteiger partial charge in [-0.25, -0.2) is 0 Å². The lowest BCUT2D eigenvalue weighted by Gasteiger charge is -2.09. The van der Waals surface area contributed by atoms with Gasteiger partial charge in [0.1, 0.15) is 0 Å². The quantitative estimate of drug-likeness (QED) is 0.254. The van der Waals surface area contributed by atoms with E-state index in [4.69, 9.17) is 0 Å². The van der Waals surface area contributed by atoms with Crippen LogP contribution in [0.2, 0.25) is 0 Å². The molecule has 7 rings (SSSR count). The summed E-state index contributed by atoms with van der Waals surface area (Å²) in [6.45, 7) is 4.25. The van der Waals surface area contributed by atoms with E-state index in [2.05, 4.69) is 128 Å². The molecule has 0 saturated heterocycles. The summed E-state index contributed by atoms with van der Waals surface area (Å²) in [5.74, 6) is 0. The van der Waals surface area contributed by atoms with E-state index in [1.165, 1.54) is 57.9 Å². The molecule has 7 aromatic rings. The maximum absolute atomic E-state index is 3.59. The highest BCUT2D eigenvalue weighted by Gasteiger charge is 2.08. The van der Waals surface area contributed by atoms with Crippen LogP contribution in [0.5, 0.6) is 0 Å². The fraction of sp³-hybridized carbons (Fsp3) is 0.0909. The van der Waals surface area contributed by atoms with Gasteiger partial charge in [-0.2, -0.15) is 0 Å². The van der Waals surface area contributed by atoms with Gasteiger partial charge in [-0.3, -0.25) is 0 Å². The van der Waals surface area contributed by atoms with E-state index >= 15 is 0 Å². The molecule has 0 spiro atoms. The largest absolute Gasteiger partial charge is 0.356 e. The first-order chi connectivity index (χ1) is 17.7. The Hall–Kier alpha value is -3.66. The number of rotatable bonds is 3. The highest BCUT2D eigenvalue weighted by atomic mass is 32.1. The lowest BCUT2D eigenvalue weighted by atomic mass is 10.0. The molecule has 0 saturated carbocycles. The minimum atomic E-state index is 1.10. The lowest BCUT2D eigenvalue weighted by Crippen LogP contribution is -1.89. The van der Waals surface area contributed by atoms with Crippen LogP contribution in [0.25, 0.3) is 51.5 Å². The van der Waals surface area contributed by atoms with Crippen LogP contribution < -0.4 is 5.32 Å². The van der Waals surface area contributed by atoms with E-state index in [0.29, 0.717) is 0 Å². The summed E-state index contributed by atoms with van der Waals surface area (Å²) in [7, 11) is 0. The van der Waals surface area contributed by atoms with Gasteiger partial charge in [-0.05, 0) is 65.7 Å². The molecule has 0 aliphatic carbocycles. The molecule has 2 heterocycles. The van der Waals surface area contributed by atoms with Gasteiger partial charge in [-0.15, -0.1) is 22.7 Å². The van der Waals surface area contributed by atoms with Crippen LogP contribution in [0, 0.1) is 0 Å². The van der Waals surface area contributed by atoms with Gasteiger partial charge >= 0.3 is 0 Å². The second-order valence-electron chi connectivity index (χ2n) is 9.03. The highest BCUT2D eigenvalue weighted by molar-refractivity contribution is 7.26. The Morgan fingerprint density at radius 2 is 0.944 bits per heavy atom. The van der Waals surface area contributed by atoms with Crippen LogP contribution in [0.4, 0.5) is 11.4 Å². The summed E-state index contributed by atoms with van der Waals surface area (Å²) in [6.07, 6.45) is 1.25. The SMILES string of the molecule is CCC.c1ccc2c(c1)sc1ccc(Nc3ccc(-c4ccc5sc6ccccc6c5c4)cc3)cc12. The third-order valence-electron chi connectivity index (χ3n) is 6.26. The number of thiophene rings is 2. The van der Waals surface area contributed by atoms with E-state index < -0.39 is 0 Å². The molecular weight excluding hydrogens is 475 g/mol. The van der Waals surface area contributed by atoms with Crippen molar-refractivity contribution < 1.29 is 0 Å². The Bertz CT molecular complexity index is 1810. The van der Waals surface area contributed by atoms with Crippen molar-refractivity contribution >= 4 is 74.4 Å². The number of nitrogens with one attached hydrogen (secondary N) is 1. The van der Waals surface area contributed by atoms with Crippen LogP contribution in [0.15, 0.2) is 109 Å². The van der Waals surface area contributed by atoms with E-state index in [1.54, 1.807) is 0 Å². The van der Waals surface area contributed by atoms with Crippen LogP contribution in [-0.4, -0.2) is 0 Å². The van der Waals surface area contributed by atoms with Gasteiger partial charge in [0.05, 0.1) is 0 Å². The van der Waals surface area contributed by atoms with Crippen molar-refractivity contribution in [3.8, 4) is 11.1 Å². The molecule has 0 radical (unpaired) electrons. The number of anilines is 2. The van der Waals surface area contributed by atoms with Gasteiger partial charge < -0.3 is 5.32 Å². The van der Waals surface area contributed by atoms with Crippen molar-refractivity contribution in [2.75, 3.05) is 5.32 Å². The molecule has 1 nitrogen and oxygen atoms in total. The van der Waals surface area contributed by atoms with Crippen molar-refractivity contribution in [2.45, 2.75) is 20.3 Å². The van der Waals surface area contributed by atoms with Crippen molar-refractivity contribution in [3.63, 3.8) is 0 Å². The minimum absolute atomic E-state index is 1.10. The number of hydrogen-bond donors (Lipinski definition) is 1. The van der Waals surface area contributed by atoms with Crippen molar-refractivity contribution in [3.05, 3.63) is 109 Å². The normalized spacial score (nSPS) is 11.2. The van der Waals surface area contributed by atoms with E-state index in [0.717, 1.165) is 11.4 Å². The molecular formula is C33H27NS2. The molecule has 2 aromatic heterocycles. The lowest BCUT2D eigenvalue weighted by molar-refractivity contribution is 1.09. The van der Waals surface area contributed by atoms with Crippen LogP contribution >= 0.6 is 22.7 Å². The fourth-order valence-electron chi connectivity index (χ4n) is 4.62.